The molecular formula is C11H10ClN5. The molecular weight excluding hydrogens is 238 g/mol. The molecule has 0 radical (unpaired) electrons. The summed E-state index contributed by atoms with van der Waals surface area (Å²) >= 11 is 5.94. The Labute approximate surface area is 102 Å². The Morgan fingerprint density at radius 3 is 2.94 bits per heavy atom. The van der Waals surface area contributed by atoms with Crippen LogP contribution in [0.5, 0.6) is 0 Å². The van der Waals surface area contributed by atoms with Gasteiger partial charge < -0.3 is 10.7 Å². The van der Waals surface area contributed by atoms with Gasteiger partial charge in [0.1, 0.15) is 11.2 Å². The van der Waals surface area contributed by atoms with Crippen molar-refractivity contribution in [3.8, 4) is 11.5 Å². The van der Waals surface area contributed by atoms with E-state index in [1.165, 1.54) is 0 Å². The van der Waals surface area contributed by atoms with E-state index in [1.54, 1.807) is 23.0 Å². The number of halogens is 1. The predicted molar refractivity (Wildman–Crippen MR) is 67.7 cm³/mol. The van der Waals surface area contributed by atoms with Crippen molar-refractivity contribution in [2.75, 3.05) is 5.73 Å². The second-order valence-corrected chi connectivity index (χ2v) is 4.25. The van der Waals surface area contributed by atoms with Gasteiger partial charge in [0.2, 0.25) is 0 Å². The third-order valence-corrected chi connectivity index (χ3v) is 2.86. The van der Waals surface area contributed by atoms with Crippen molar-refractivity contribution in [1.82, 2.24) is 19.7 Å². The Morgan fingerprint density at radius 1 is 1.41 bits per heavy atom. The van der Waals surface area contributed by atoms with E-state index in [-0.39, 0.29) is 0 Å². The molecule has 0 saturated carbocycles. The summed E-state index contributed by atoms with van der Waals surface area (Å²) < 4.78 is 1.75. The maximum absolute atomic E-state index is 5.94. The molecule has 17 heavy (non-hydrogen) atoms. The first-order valence-corrected chi connectivity index (χ1v) is 5.46. The zero-order valence-corrected chi connectivity index (χ0v) is 9.86. The van der Waals surface area contributed by atoms with Crippen LogP contribution in [-0.4, -0.2) is 19.7 Å². The summed E-state index contributed by atoms with van der Waals surface area (Å²) in [6.45, 7) is 0. The van der Waals surface area contributed by atoms with Crippen molar-refractivity contribution < 1.29 is 0 Å². The summed E-state index contributed by atoms with van der Waals surface area (Å²) in [5.74, 6) is 0.731. The van der Waals surface area contributed by atoms with Crippen LogP contribution in [0.2, 0.25) is 5.02 Å². The summed E-state index contributed by atoms with van der Waals surface area (Å²) in [6, 6.07) is 5.38. The fourth-order valence-corrected chi connectivity index (χ4v) is 2.06. The second kappa shape index (κ2) is 3.49. The highest BCUT2D eigenvalue weighted by molar-refractivity contribution is 6.31. The van der Waals surface area contributed by atoms with E-state index in [9.17, 15) is 0 Å². The number of nitrogens with zero attached hydrogens (tertiary/aromatic N) is 3. The van der Waals surface area contributed by atoms with Crippen LogP contribution < -0.4 is 5.73 Å². The minimum atomic E-state index is 0.567. The van der Waals surface area contributed by atoms with Crippen LogP contribution in [0.15, 0.2) is 24.4 Å². The molecule has 0 amide bonds. The number of H-pyrrole nitrogens is 1. The largest absolute Gasteiger partial charge is 0.397 e. The molecule has 1 aromatic carbocycles. The monoisotopic (exact) mass is 247 g/mol. The molecule has 5 nitrogen and oxygen atoms in total. The molecule has 0 bridgehead atoms. The van der Waals surface area contributed by atoms with Crippen molar-refractivity contribution in [3.63, 3.8) is 0 Å². The number of nitrogen functional groups attached to an aromatic ring is 1. The number of imidazole rings is 1. The molecule has 3 rings (SSSR count). The van der Waals surface area contributed by atoms with E-state index in [2.05, 4.69) is 15.1 Å². The standard InChI is InChI=1S/C11H10ClN5/c1-17-9(2-3-14-17)11-15-8-5-6(12)4-7(13)10(8)16-11/h2-5H,13H2,1H3,(H,15,16). The van der Waals surface area contributed by atoms with Crippen LogP contribution >= 0.6 is 11.6 Å². The summed E-state index contributed by atoms with van der Waals surface area (Å²) in [6.07, 6.45) is 1.72. The van der Waals surface area contributed by atoms with Gasteiger partial charge in [0.15, 0.2) is 5.82 Å². The van der Waals surface area contributed by atoms with Crippen LogP contribution in [0, 0.1) is 0 Å². The fourth-order valence-electron chi connectivity index (χ4n) is 1.84. The minimum Gasteiger partial charge on any atom is -0.397 e. The molecule has 3 aromatic rings. The molecule has 6 heteroatoms. The van der Waals surface area contributed by atoms with Crippen LogP contribution in [0.1, 0.15) is 0 Å². The first kappa shape index (κ1) is 10.2. The lowest BCUT2D eigenvalue weighted by atomic mass is 10.3. The lowest BCUT2D eigenvalue weighted by Gasteiger charge is -1.95. The van der Waals surface area contributed by atoms with Crippen molar-refractivity contribution >= 4 is 28.3 Å². The van der Waals surface area contributed by atoms with E-state index < -0.39 is 0 Å². The summed E-state index contributed by atoms with van der Waals surface area (Å²) in [5.41, 5.74) is 8.89. The number of hydrogen-bond acceptors (Lipinski definition) is 3. The molecule has 0 saturated heterocycles. The highest BCUT2D eigenvalue weighted by atomic mass is 35.5. The number of benzene rings is 1. The number of aryl methyl sites for hydroxylation is 1. The van der Waals surface area contributed by atoms with Gasteiger partial charge in [-0.05, 0) is 18.2 Å². The van der Waals surface area contributed by atoms with Crippen LogP contribution in [-0.2, 0) is 7.05 Å². The van der Waals surface area contributed by atoms with Gasteiger partial charge in [-0.15, -0.1) is 0 Å². The topological polar surface area (TPSA) is 72.5 Å². The van der Waals surface area contributed by atoms with Crippen LogP contribution in [0.3, 0.4) is 0 Å². The fraction of sp³-hybridized carbons (Fsp3) is 0.0909. The first-order chi connectivity index (χ1) is 8.15. The Bertz CT molecular complexity index is 697. The summed E-state index contributed by atoms with van der Waals surface area (Å²) in [7, 11) is 1.86. The third-order valence-electron chi connectivity index (χ3n) is 2.64. The van der Waals surface area contributed by atoms with Crippen molar-refractivity contribution in [3.05, 3.63) is 29.4 Å². The molecule has 3 N–H and O–H groups in total. The number of anilines is 1. The van der Waals surface area contributed by atoms with E-state index in [1.807, 2.05) is 13.1 Å². The normalized spacial score (nSPS) is 11.2. The number of hydrogen-bond donors (Lipinski definition) is 2. The van der Waals surface area contributed by atoms with Crippen molar-refractivity contribution in [1.29, 1.82) is 0 Å². The zero-order chi connectivity index (χ0) is 12.0. The number of aromatic amines is 1. The van der Waals surface area contributed by atoms with Gasteiger partial charge in [-0.2, -0.15) is 5.10 Å². The number of nitrogens with two attached hydrogens (primary N) is 1. The van der Waals surface area contributed by atoms with Crippen molar-refractivity contribution in [2.24, 2.45) is 7.05 Å². The Balaban J connectivity index is 2.27. The van der Waals surface area contributed by atoms with Gasteiger partial charge in [-0.25, -0.2) is 4.98 Å². The first-order valence-electron chi connectivity index (χ1n) is 5.08. The van der Waals surface area contributed by atoms with Gasteiger partial charge >= 0.3 is 0 Å². The number of fused-ring (bicyclic) bond motifs is 1. The van der Waals surface area contributed by atoms with Gasteiger partial charge in [0.25, 0.3) is 0 Å². The van der Waals surface area contributed by atoms with Gasteiger partial charge in [0, 0.05) is 18.3 Å². The molecule has 0 aliphatic carbocycles. The molecule has 2 heterocycles. The molecule has 0 atom stereocenters. The molecule has 2 aromatic heterocycles. The SMILES string of the molecule is Cn1nccc1-c1nc2c(N)cc(Cl)cc2[nH]1. The van der Waals surface area contributed by atoms with Gasteiger partial charge in [-0.3, -0.25) is 4.68 Å². The summed E-state index contributed by atoms with van der Waals surface area (Å²) in [4.78, 5) is 7.64. The predicted octanol–water partition coefficient (Wildman–Crippen LogP) is 2.20. The molecule has 0 aliphatic heterocycles. The molecule has 0 unspecified atom stereocenters. The minimum absolute atomic E-state index is 0.567. The lowest BCUT2D eigenvalue weighted by Crippen LogP contribution is -1.94. The average Bonchev–Trinajstić information content (AvgIpc) is 2.83. The molecule has 0 spiro atoms. The van der Waals surface area contributed by atoms with E-state index in [4.69, 9.17) is 17.3 Å². The highest BCUT2D eigenvalue weighted by Gasteiger charge is 2.10. The van der Waals surface area contributed by atoms with Crippen molar-refractivity contribution in [2.45, 2.75) is 0 Å². The van der Waals surface area contributed by atoms with E-state index in [0.717, 1.165) is 22.6 Å². The number of nitrogens with one attached hydrogen (secondary N) is 1. The highest BCUT2D eigenvalue weighted by Crippen LogP contribution is 2.27. The lowest BCUT2D eigenvalue weighted by molar-refractivity contribution is 0.771. The van der Waals surface area contributed by atoms with E-state index >= 15 is 0 Å². The molecule has 0 aliphatic rings. The number of aromatic nitrogens is 4. The Kier molecular flexibility index (Phi) is 2.09. The van der Waals surface area contributed by atoms with E-state index in [0.29, 0.717) is 10.7 Å². The molecule has 0 fully saturated rings. The Hall–Kier alpha value is -2.01. The van der Waals surface area contributed by atoms with Crippen LogP contribution in [0.4, 0.5) is 5.69 Å². The summed E-state index contributed by atoms with van der Waals surface area (Å²) in [5, 5.41) is 4.70. The number of rotatable bonds is 1. The third kappa shape index (κ3) is 1.55. The second-order valence-electron chi connectivity index (χ2n) is 3.82. The average molecular weight is 248 g/mol. The molecule has 86 valence electrons. The zero-order valence-electron chi connectivity index (χ0n) is 9.11. The van der Waals surface area contributed by atoms with Gasteiger partial charge in [0.05, 0.1) is 11.2 Å². The van der Waals surface area contributed by atoms with Gasteiger partial charge in [-0.1, -0.05) is 11.6 Å². The van der Waals surface area contributed by atoms with Crippen LogP contribution in [0.25, 0.3) is 22.6 Å². The Morgan fingerprint density at radius 2 is 2.24 bits per heavy atom. The quantitative estimate of drug-likeness (QED) is 0.648. The smallest absolute Gasteiger partial charge is 0.156 e. The maximum atomic E-state index is 5.94. The maximum Gasteiger partial charge on any atom is 0.156 e.